The summed E-state index contributed by atoms with van der Waals surface area (Å²) in [5, 5.41) is 0.699. The van der Waals surface area contributed by atoms with Gasteiger partial charge in [0.2, 0.25) is 0 Å². The van der Waals surface area contributed by atoms with Crippen LogP contribution in [0.1, 0.15) is 18.1 Å². The van der Waals surface area contributed by atoms with Crippen molar-refractivity contribution in [3.63, 3.8) is 0 Å². The van der Waals surface area contributed by atoms with E-state index in [1.54, 1.807) is 17.3 Å². The third-order valence-corrected chi connectivity index (χ3v) is 4.56. The lowest BCUT2D eigenvalue weighted by Crippen LogP contribution is -2.28. The zero-order chi connectivity index (χ0) is 16.2. The predicted octanol–water partition coefficient (Wildman–Crippen LogP) is 4.01. The van der Waals surface area contributed by atoms with Crippen molar-refractivity contribution in [1.82, 2.24) is 9.88 Å². The van der Waals surface area contributed by atoms with E-state index >= 15 is 0 Å². The molecule has 3 rings (SSSR count). The van der Waals surface area contributed by atoms with Crippen LogP contribution in [0, 0.1) is 6.92 Å². The first kappa shape index (κ1) is 15.5. The van der Waals surface area contributed by atoms with Crippen molar-refractivity contribution in [2.45, 2.75) is 13.8 Å². The molecule has 4 nitrogen and oxygen atoms in total. The molecule has 5 heteroatoms. The quantitative estimate of drug-likeness (QED) is 0.802. The highest BCUT2D eigenvalue weighted by Gasteiger charge is 2.32. The number of amides is 1. The van der Waals surface area contributed by atoms with E-state index in [9.17, 15) is 4.79 Å². The largest absolute Gasteiger partial charge is 0.287 e. The number of benzene rings is 1. The molecule has 0 aliphatic carbocycles. The van der Waals surface area contributed by atoms with E-state index < -0.39 is 0 Å². The molecule has 1 aliphatic heterocycles. The first-order valence-electron chi connectivity index (χ1n) is 7.45. The summed E-state index contributed by atoms with van der Waals surface area (Å²) < 4.78 is 0. The Labute approximate surface area is 140 Å². The number of likely N-dealkylation sites (N-methyl/N-ethyl adjacent to an activating group) is 1. The molecule has 1 aromatic heterocycles. The monoisotopic (exact) mass is 323 g/mol. The lowest BCUT2D eigenvalue weighted by molar-refractivity contribution is -0.122. The second-order valence-electron chi connectivity index (χ2n) is 5.12. The smallest absolute Gasteiger partial charge is 0.266 e. The Kier molecular flexibility index (Phi) is 4.57. The lowest BCUT2D eigenvalue weighted by atomic mass is 10.1. The summed E-state index contributed by atoms with van der Waals surface area (Å²) in [6.45, 7) is 4.59. The maximum atomic E-state index is 12.6. The Hall–Kier alpha value is -2.40. The molecule has 0 spiro atoms. The van der Waals surface area contributed by atoms with Gasteiger partial charge < -0.3 is 0 Å². The Morgan fingerprint density at radius 1 is 1.26 bits per heavy atom. The van der Waals surface area contributed by atoms with Gasteiger partial charge in [0, 0.05) is 12.7 Å². The molecule has 23 heavy (non-hydrogen) atoms. The van der Waals surface area contributed by atoms with Gasteiger partial charge in [-0.15, -0.1) is 0 Å². The molecule has 0 bridgehead atoms. The fourth-order valence-corrected chi connectivity index (χ4v) is 3.34. The number of aliphatic imine (C=N–C) groups is 1. The second-order valence-corrected chi connectivity index (χ2v) is 6.13. The van der Waals surface area contributed by atoms with Crippen molar-refractivity contribution in [2.24, 2.45) is 4.99 Å². The minimum absolute atomic E-state index is 0.00314. The number of nitrogens with zero attached hydrogens (tertiary/aromatic N) is 3. The van der Waals surface area contributed by atoms with Gasteiger partial charge in [-0.3, -0.25) is 14.7 Å². The van der Waals surface area contributed by atoms with Gasteiger partial charge >= 0.3 is 0 Å². The highest BCUT2D eigenvalue weighted by molar-refractivity contribution is 8.18. The summed E-state index contributed by atoms with van der Waals surface area (Å²) in [5.41, 5.74) is 2.95. The molecule has 0 unspecified atom stereocenters. The number of carbonyl (C=O) groups excluding carboxylic acids is 1. The molecule has 2 aromatic rings. The van der Waals surface area contributed by atoms with Crippen LogP contribution in [0.3, 0.4) is 0 Å². The standard InChI is InChI=1S/C18H17N3OS/c1-3-21-17(22)16(11-14-8-5-4-7-13(14)2)23-18(21)20-15-9-6-10-19-12-15/h4-12H,3H2,1-2H3/b16-11-,20-18?. The van der Waals surface area contributed by atoms with E-state index in [0.717, 1.165) is 16.8 Å². The Morgan fingerprint density at radius 2 is 2.09 bits per heavy atom. The number of rotatable bonds is 3. The summed E-state index contributed by atoms with van der Waals surface area (Å²) in [6.07, 6.45) is 5.34. The highest BCUT2D eigenvalue weighted by atomic mass is 32.2. The van der Waals surface area contributed by atoms with Crippen molar-refractivity contribution in [3.05, 3.63) is 64.8 Å². The minimum Gasteiger partial charge on any atom is -0.287 e. The van der Waals surface area contributed by atoms with Gasteiger partial charge in [-0.05, 0) is 54.9 Å². The third kappa shape index (κ3) is 3.35. The molecule has 0 atom stereocenters. The summed E-state index contributed by atoms with van der Waals surface area (Å²) >= 11 is 1.41. The maximum absolute atomic E-state index is 12.6. The first-order chi connectivity index (χ1) is 11.2. The molecule has 0 radical (unpaired) electrons. The van der Waals surface area contributed by atoms with E-state index in [1.807, 2.05) is 56.3 Å². The van der Waals surface area contributed by atoms with E-state index in [2.05, 4.69) is 9.98 Å². The number of thioether (sulfide) groups is 1. The average molecular weight is 323 g/mol. The zero-order valence-electron chi connectivity index (χ0n) is 13.1. The Bertz CT molecular complexity index is 784. The van der Waals surface area contributed by atoms with Gasteiger partial charge in [0.25, 0.3) is 5.91 Å². The van der Waals surface area contributed by atoms with Crippen molar-refractivity contribution in [2.75, 3.05) is 6.54 Å². The maximum Gasteiger partial charge on any atom is 0.266 e. The number of pyridine rings is 1. The third-order valence-electron chi connectivity index (χ3n) is 3.55. The number of amidine groups is 1. The molecule has 2 heterocycles. The van der Waals surface area contributed by atoms with Gasteiger partial charge in [-0.2, -0.15) is 0 Å². The molecule has 116 valence electrons. The SMILES string of the molecule is CCN1C(=O)/C(=C/c2ccccc2C)SC1=Nc1cccnc1. The van der Waals surface area contributed by atoms with Gasteiger partial charge in [-0.1, -0.05) is 24.3 Å². The van der Waals surface area contributed by atoms with Crippen LogP contribution in [0.2, 0.25) is 0 Å². The fraction of sp³-hybridized carbons (Fsp3) is 0.167. The van der Waals surface area contributed by atoms with Crippen LogP contribution in [0.15, 0.2) is 58.7 Å². The number of carbonyl (C=O) groups is 1. The normalized spacial score (nSPS) is 18.2. The van der Waals surface area contributed by atoms with E-state index in [-0.39, 0.29) is 5.91 Å². The summed E-state index contributed by atoms with van der Waals surface area (Å²) in [7, 11) is 0. The van der Waals surface area contributed by atoms with Crippen LogP contribution in [0.25, 0.3) is 6.08 Å². The molecule has 0 N–H and O–H groups in total. The molecule has 0 saturated carbocycles. The molecule has 1 fully saturated rings. The van der Waals surface area contributed by atoms with Crippen molar-refractivity contribution >= 4 is 34.6 Å². The lowest BCUT2D eigenvalue weighted by Gasteiger charge is -2.11. The first-order valence-corrected chi connectivity index (χ1v) is 8.26. The molecule has 1 saturated heterocycles. The predicted molar refractivity (Wildman–Crippen MR) is 95.5 cm³/mol. The van der Waals surface area contributed by atoms with Crippen LogP contribution in [-0.2, 0) is 4.79 Å². The Morgan fingerprint density at radius 3 is 2.78 bits per heavy atom. The van der Waals surface area contributed by atoms with Crippen LogP contribution in [-0.4, -0.2) is 27.5 Å². The number of aromatic nitrogens is 1. The van der Waals surface area contributed by atoms with Crippen LogP contribution >= 0.6 is 11.8 Å². The number of hydrogen-bond donors (Lipinski definition) is 0. The molecule has 1 aliphatic rings. The average Bonchev–Trinajstić information content (AvgIpc) is 2.85. The summed E-state index contributed by atoms with van der Waals surface area (Å²) in [5.74, 6) is 0.00314. The second kappa shape index (κ2) is 6.79. The van der Waals surface area contributed by atoms with Crippen molar-refractivity contribution < 1.29 is 4.79 Å². The topological polar surface area (TPSA) is 45.6 Å². The fourth-order valence-electron chi connectivity index (χ4n) is 2.29. The van der Waals surface area contributed by atoms with E-state index in [1.165, 1.54) is 11.8 Å². The van der Waals surface area contributed by atoms with Crippen LogP contribution in [0.4, 0.5) is 5.69 Å². The highest BCUT2D eigenvalue weighted by Crippen LogP contribution is 2.34. The molecule has 1 amide bonds. The van der Waals surface area contributed by atoms with Gasteiger partial charge in [0.1, 0.15) is 0 Å². The summed E-state index contributed by atoms with van der Waals surface area (Å²) in [4.78, 5) is 23.6. The zero-order valence-corrected chi connectivity index (χ0v) is 13.9. The molecular weight excluding hydrogens is 306 g/mol. The van der Waals surface area contributed by atoms with Gasteiger partial charge in [-0.25, -0.2) is 4.99 Å². The summed E-state index contributed by atoms with van der Waals surface area (Å²) in [6, 6.07) is 11.7. The molecule has 1 aromatic carbocycles. The van der Waals surface area contributed by atoms with E-state index in [4.69, 9.17) is 0 Å². The van der Waals surface area contributed by atoms with Gasteiger partial charge in [0.05, 0.1) is 16.8 Å². The molecular formula is C18H17N3OS. The number of hydrogen-bond acceptors (Lipinski definition) is 4. The van der Waals surface area contributed by atoms with Crippen molar-refractivity contribution in [1.29, 1.82) is 0 Å². The Balaban J connectivity index is 1.95. The van der Waals surface area contributed by atoms with Crippen LogP contribution in [0.5, 0.6) is 0 Å². The van der Waals surface area contributed by atoms with Crippen LogP contribution < -0.4 is 0 Å². The van der Waals surface area contributed by atoms with Crippen molar-refractivity contribution in [3.8, 4) is 0 Å². The van der Waals surface area contributed by atoms with E-state index in [0.29, 0.717) is 16.6 Å². The van der Waals surface area contributed by atoms with Gasteiger partial charge in [0.15, 0.2) is 5.17 Å². The minimum atomic E-state index is 0.00314. The number of aryl methyl sites for hydroxylation is 1.